The smallest absolute Gasteiger partial charge is 0.230 e. The summed E-state index contributed by atoms with van der Waals surface area (Å²) in [4.78, 5) is 18.3. The fourth-order valence-corrected chi connectivity index (χ4v) is 3.97. The van der Waals surface area contributed by atoms with Gasteiger partial charge in [0.25, 0.3) is 0 Å². The third kappa shape index (κ3) is 3.35. The van der Waals surface area contributed by atoms with E-state index in [1.807, 2.05) is 38.1 Å². The Balaban J connectivity index is 1.70. The number of hydrogen-bond donors (Lipinski definition) is 2. The maximum Gasteiger partial charge on any atom is 0.230 e. The highest BCUT2D eigenvalue weighted by Crippen LogP contribution is 2.29. The minimum atomic E-state index is -0.600. The number of carbonyl (C=O) groups excluding carboxylic acids is 1. The zero-order chi connectivity index (χ0) is 16.6. The van der Waals surface area contributed by atoms with Crippen LogP contribution >= 0.6 is 22.9 Å². The zero-order valence-corrected chi connectivity index (χ0v) is 14.8. The van der Waals surface area contributed by atoms with Crippen LogP contribution in [0.25, 0.3) is 0 Å². The molecule has 6 heteroatoms. The number of aryl methyl sites for hydroxylation is 1. The van der Waals surface area contributed by atoms with Crippen LogP contribution in [0.2, 0.25) is 5.02 Å². The fourth-order valence-electron chi connectivity index (χ4n) is 2.88. The number of halogens is 1. The van der Waals surface area contributed by atoms with E-state index in [2.05, 4.69) is 10.3 Å². The number of carbonyl (C=O) groups is 1. The normalized spacial score (nSPS) is 17.6. The fraction of sp³-hybridized carbons (Fsp3) is 0.412. The second-order valence-electron chi connectivity index (χ2n) is 6.47. The van der Waals surface area contributed by atoms with Crippen LogP contribution in [0.5, 0.6) is 0 Å². The summed E-state index contributed by atoms with van der Waals surface area (Å²) in [5.41, 5.74) is 7.22. The average Bonchev–Trinajstić information content (AvgIpc) is 2.87. The van der Waals surface area contributed by atoms with Gasteiger partial charge in [-0.25, -0.2) is 4.98 Å². The minimum Gasteiger partial charge on any atom is -0.375 e. The van der Waals surface area contributed by atoms with Crippen molar-refractivity contribution in [3.63, 3.8) is 0 Å². The lowest BCUT2D eigenvalue weighted by Crippen LogP contribution is -2.47. The van der Waals surface area contributed by atoms with Crippen molar-refractivity contribution in [2.45, 2.75) is 44.6 Å². The van der Waals surface area contributed by atoms with Gasteiger partial charge in [-0.3, -0.25) is 4.79 Å². The molecule has 1 aliphatic rings. The molecule has 0 fully saturated rings. The molecule has 1 amide bonds. The molecule has 0 spiro atoms. The van der Waals surface area contributed by atoms with Gasteiger partial charge in [0, 0.05) is 22.4 Å². The maximum atomic E-state index is 12.8. The zero-order valence-electron chi connectivity index (χ0n) is 13.2. The first-order valence-electron chi connectivity index (χ1n) is 7.67. The van der Waals surface area contributed by atoms with Gasteiger partial charge in [-0.1, -0.05) is 23.7 Å². The summed E-state index contributed by atoms with van der Waals surface area (Å²) in [6.45, 7) is 3.87. The molecule has 3 N–H and O–H groups in total. The van der Waals surface area contributed by atoms with E-state index in [-0.39, 0.29) is 11.9 Å². The van der Waals surface area contributed by atoms with Crippen LogP contribution in [0.3, 0.4) is 0 Å². The van der Waals surface area contributed by atoms with Crippen LogP contribution in [0.15, 0.2) is 24.3 Å². The van der Waals surface area contributed by atoms with Crippen LogP contribution in [0, 0.1) is 0 Å². The highest BCUT2D eigenvalue weighted by atomic mass is 35.5. The number of nitrogens with one attached hydrogen (secondary N) is 1. The van der Waals surface area contributed by atoms with Gasteiger partial charge in [0.1, 0.15) is 0 Å². The molecule has 0 radical (unpaired) electrons. The van der Waals surface area contributed by atoms with E-state index in [0.29, 0.717) is 10.2 Å². The predicted molar refractivity (Wildman–Crippen MR) is 95.0 cm³/mol. The van der Waals surface area contributed by atoms with E-state index in [9.17, 15) is 4.79 Å². The summed E-state index contributed by atoms with van der Waals surface area (Å²) in [5.74, 6) is 0.0331. The molecular formula is C17H20ClN3OS. The van der Waals surface area contributed by atoms with Crippen LogP contribution in [0.4, 0.5) is 5.13 Å². The van der Waals surface area contributed by atoms with Crippen molar-refractivity contribution in [3.05, 3.63) is 45.4 Å². The van der Waals surface area contributed by atoms with Crippen LogP contribution in [-0.4, -0.2) is 16.9 Å². The minimum absolute atomic E-state index is 0.0331. The molecule has 1 aliphatic carbocycles. The van der Waals surface area contributed by atoms with Crippen molar-refractivity contribution in [2.24, 2.45) is 0 Å². The number of nitrogen functional groups attached to an aromatic ring is 1. The molecular weight excluding hydrogens is 330 g/mol. The number of rotatable bonds is 3. The highest BCUT2D eigenvalue weighted by molar-refractivity contribution is 7.15. The third-order valence-corrected chi connectivity index (χ3v) is 5.63. The Bertz CT molecular complexity index is 724. The average molecular weight is 350 g/mol. The Morgan fingerprint density at radius 2 is 2.09 bits per heavy atom. The first-order chi connectivity index (χ1) is 10.9. The van der Waals surface area contributed by atoms with Crippen molar-refractivity contribution < 1.29 is 4.79 Å². The second kappa shape index (κ2) is 6.13. The Labute approximate surface area is 145 Å². The molecule has 0 saturated carbocycles. The van der Waals surface area contributed by atoms with Gasteiger partial charge in [-0.05, 0) is 44.4 Å². The third-order valence-electron chi connectivity index (χ3n) is 4.42. The van der Waals surface area contributed by atoms with E-state index in [4.69, 9.17) is 17.3 Å². The molecule has 0 saturated heterocycles. The summed E-state index contributed by atoms with van der Waals surface area (Å²) in [6.07, 6.45) is 2.58. The SMILES string of the molecule is CC(C)(C(=O)N[C@H]1CCc2nc(N)sc2C1)c1ccc(Cl)cc1. The number of benzene rings is 1. The summed E-state index contributed by atoms with van der Waals surface area (Å²) in [6, 6.07) is 7.59. The summed E-state index contributed by atoms with van der Waals surface area (Å²) in [7, 11) is 0. The number of nitrogens with two attached hydrogens (primary N) is 1. The summed E-state index contributed by atoms with van der Waals surface area (Å²) in [5, 5.41) is 4.48. The molecule has 0 bridgehead atoms. The molecule has 3 rings (SSSR count). The van der Waals surface area contributed by atoms with Gasteiger partial charge in [0.2, 0.25) is 5.91 Å². The number of anilines is 1. The molecule has 4 nitrogen and oxygen atoms in total. The van der Waals surface area contributed by atoms with Gasteiger partial charge in [0.15, 0.2) is 5.13 Å². The Morgan fingerprint density at radius 1 is 1.39 bits per heavy atom. The van der Waals surface area contributed by atoms with Crippen molar-refractivity contribution in [1.82, 2.24) is 10.3 Å². The molecule has 0 aliphatic heterocycles. The largest absolute Gasteiger partial charge is 0.375 e. The Hall–Kier alpha value is -1.59. The standard InChI is InChI=1S/C17H20ClN3OS/c1-17(2,10-3-5-11(18)6-4-10)15(22)20-12-7-8-13-14(9-12)23-16(19)21-13/h3-6,12H,7-9H2,1-2H3,(H2,19,21)(H,20,22)/t12-/m0/s1. The van der Waals surface area contributed by atoms with E-state index >= 15 is 0 Å². The molecule has 1 heterocycles. The van der Waals surface area contributed by atoms with Gasteiger partial charge in [-0.15, -0.1) is 11.3 Å². The first kappa shape index (κ1) is 16.3. The number of fused-ring (bicyclic) bond motifs is 1. The Kier molecular flexibility index (Phi) is 4.34. The Morgan fingerprint density at radius 3 is 2.78 bits per heavy atom. The van der Waals surface area contributed by atoms with Crippen molar-refractivity contribution in [2.75, 3.05) is 5.73 Å². The van der Waals surface area contributed by atoms with Crippen LogP contribution in [-0.2, 0) is 23.1 Å². The van der Waals surface area contributed by atoms with Gasteiger partial charge in [-0.2, -0.15) is 0 Å². The van der Waals surface area contributed by atoms with E-state index < -0.39 is 5.41 Å². The number of aromatic nitrogens is 1. The molecule has 23 heavy (non-hydrogen) atoms. The van der Waals surface area contributed by atoms with Crippen molar-refractivity contribution in [1.29, 1.82) is 0 Å². The molecule has 0 unspecified atom stereocenters. The second-order valence-corrected chi connectivity index (χ2v) is 8.02. The summed E-state index contributed by atoms with van der Waals surface area (Å²) < 4.78 is 0. The van der Waals surface area contributed by atoms with E-state index in [1.54, 1.807) is 0 Å². The monoisotopic (exact) mass is 349 g/mol. The topological polar surface area (TPSA) is 68.0 Å². The molecule has 122 valence electrons. The lowest BCUT2D eigenvalue weighted by Gasteiger charge is -2.29. The van der Waals surface area contributed by atoms with Gasteiger partial charge in [0.05, 0.1) is 11.1 Å². The highest BCUT2D eigenvalue weighted by Gasteiger charge is 2.32. The maximum absolute atomic E-state index is 12.8. The number of amides is 1. The van der Waals surface area contributed by atoms with E-state index in [0.717, 1.165) is 30.5 Å². The number of nitrogens with zero attached hydrogens (tertiary/aromatic N) is 1. The molecule has 1 aromatic carbocycles. The molecule has 1 aromatic heterocycles. The van der Waals surface area contributed by atoms with Crippen molar-refractivity contribution in [3.8, 4) is 0 Å². The first-order valence-corrected chi connectivity index (χ1v) is 8.87. The lowest BCUT2D eigenvalue weighted by atomic mass is 9.83. The molecule has 2 aromatic rings. The lowest BCUT2D eigenvalue weighted by molar-refractivity contribution is -0.126. The predicted octanol–water partition coefficient (Wildman–Crippen LogP) is 3.33. The van der Waals surface area contributed by atoms with Gasteiger partial charge >= 0.3 is 0 Å². The molecule has 1 atom stereocenters. The van der Waals surface area contributed by atoms with Crippen LogP contribution in [0.1, 0.15) is 36.4 Å². The van der Waals surface area contributed by atoms with Crippen molar-refractivity contribution >= 4 is 34.0 Å². The van der Waals surface area contributed by atoms with Crippen LogP contribution < -0.4 is 11.1 Å². The number of thiazole rings is 1. The quantitative estimate of drug-likeness (QED) is 0.893. The summed E-state index contributed by atoms with van der Waals surface area (Å²) >= 11 is 7.46. The van der Waals surface area contributed by atoms with Gasteiger partial charge < -0.3 is 11.1 Å². The number of hydrogen-bond acceptors (Lipinski definition) is 4. The van der Waals surface area contributed by atoms with E-state index in [1.165, 1.54) is 16.2 Å².